The Morgan fingerprint density at radius 2 is 1.76 bits per heavy atom. The average molecular weight is 519 g/mol. The molecule has 38 heavy (non-hydrogen) atoms. The predicted molar refractivity (Wildman–Crippen MR) is 144 cm³/mol. The molecule has 200 valence electrons. The monoisotopic (exact) mass is 518 g/mol. The minimum atomic E-state index is -0.611. The van der Waals surface area contributed by atoms with Crippen LogP contribution in [0.1, 0.15) is 44.2 Å². The SMILES string of the molecule is COC(=O)CC1=C(c2cccc(OCCc3nc(-c4ccccc4)oc3C)c2)CN(C(=O)OC(C)(C)C)C1. The molecule has 3 aromatic rings. The molecule has 0 unspecified atom stereocenters. The summed E-state index contributed by atoms with van der Waals surface area (Å²) in [5.41, 5.74) is 3.78. The number of benzene rings is 2. The summed E-state index contributed by atoms with van der Waals surface area (Å²) in [6.45, 7) is 8.45. The number of carbonyl (C=O) groups is 2. The van der Waals surface area contributed by atoms with Crippen LogP contribution in [0.5, 0.6) is 5.75 Å². The summed E-state index contributed by atoms with van der Waals surface area (Å²) >= 11 is 0. The zero-order chi connectivity index (χ0) is 27.3. The molecule has 0 radical (unpaired) electrons. The summed E-state index contributed by atoms with van der Waals surface area (Å²) < 4.78 is 22.3. The van der Waals surface area contributed by atoms with Crippen LogP contribution in [0.3, 0.4) is 0 Å². The van der Waals surface area contributed by atoms with E-state index in [1.54, 1.807) is 4.90 Å². The van der Waals surface area contributed by atoms with Crippen molar-refractivity contribution in [1.82, 2.24) is 9.88 Å². The maximum absolute atomic E-state index is 12.7. The third-order valence-corrected chi connectivity index (χ3v) is 6.10. The number of nitrogens with zero attached hydrogens (tertiary/aromatic N) is 2. The van der Waals surface area contributed by atoms with Crippen molar-refractivity contribution in [3.05, 3.63) is 77.2 Å². The summed E-state index contributed by atoms with van der Waals surface area (Å²) in [4.78, 5) is 31.0. The number of oxazole rings is 1. The van der Waals surface area contributed by atoms with E-state index in [1.165, 1.54) is 7.11 Å². The van der Waals surface area contributed by atoms with Crippen LogP contribution >= 0.6 is 0 Å². The first-order chi connectivity index (χ1) is 18.1. The van der Waals surface area contributed by atoms with Crippen molar-refractivity contribution in [1.29, 1.82) is 0 Å². The number of carbonyl (C=O) groups excluding carboxylic acids is 2. The number of hydrogen-bond acceptors (Lipinski definition) is 7. The molecular weight excluding hydrogens is 484 g/mol. The van der Waals surface area contributed by atoms with Gasteiger partial charge in [-0.05, 0) is 68.7 Å². The molecule has 0 saturated heterocycles. The number of ether oxygens (including phenoxy) is 3. The molecule has 0 fully saturated rings. The molecule has 1 amide bonds. The molecule has 2 aromatic carbocycles. The standard InChI is InChI=1S/C30H34N2O6/c1-20-26(31-28(37-20)21-10-7-6-8-11-21)14-15-36-24-13-9-12-22(16-24)25-19-32(29(34)38-30(2,3)4)18-23(25)17-27(33)35-5/h6-13,16H,14-15,17-19H2,1-5H3. The van der Waals surface area contributed by atoms with Gasteiger partial charge < -0.3 is 18.6 Å². The van der Waals surface area contributed by atoms with E-state index in [9.17, 15) is 9.59 Å². The maximum Gasteiger partial charge on any atom is 0.410 e. The van der Waals surface area contributed by atoms with Crippen molar-refractivity contribution in [3.63, 3.8) is 0 Å². The fraction of sp³-hybridized carbons (Fsp3) is 0.367. The summed E-state index contributed by atoms with van der Waals surface area (Å²) in [5.74, 6) is 1.70. The third-order valence-electron chi connectivity index (χ3n) is 6.10. The van der Waals surface area contributed by atoms with Gasteiger partial charge in [-0.2, -0.15) is 0 Å². The van der Waals surface area contributed by atoms with E-state index >= 15 is 0 Å². The molecule has 8 nitrogen and oxygen atoms in total. The smallest absolute Gasteiger partial charge is 0.410 e. The fourth-order valence-corrected chi connectivity index (χ4v) is 4.25. The molecule has 0 aliphatic carbocycles. The second kappa shape index (κ2) is 11.5. The minimum absolute atomic E-state index is 0.103. The van der Waals surface area contributed by atoms with Gasteiger partial charge in [-0.15, -0.1) is 0 Å². The van der Waals surface area contributed by atoms with Gasteiger partial charge in [0.1, 0.15) is 17.1 Å². The summed E-state index contributed by atoms with van der Waals surface area (Å²) in [7, 11) is 1.36. The molecule has 8 heteroatoms. The zero-order valence-corrected chi connectivity index (χ0v) is 22.6. The second-order valence-electron chi connectivity index (χ2n) is 10.2. The van der Waals surface area contributed by atoms with Crippen LogP contribution in [0.25, 0.3) is 17.0 Å². The van der Waals surface area contributed by atoms with Gasteiger partial charge in [0.2, 0.25) is 5.89 Å². The number of esters is 1. The Kier molecular flexibility index (Phi) is 8.20. The number of rotatable bonds is 8. The molecule has 1 aromatic heterocycles. The largest absolute Gasteiger partial charge is 0.493 e. The summed E-state index contributed by atoms with van der Waals surface area (Å²) in [5, 5.41) is 0. The first kappa shape index (κ1) is 27.0. The second-order valence-corrected chi connectivity index (χ2v) is 10.2. The van der Waals surface area contributed by atoms with Crippen molar-refractivity contribution in [2.24, 2.45) is 0 Å². The number of methoxy groups -OCH3 is 1. The lowest BCUT2D eigenvalue weighted by Gasteiger charge is -2.24. The molecule has 4 rings (SSSR count). The van der Waals surface area contributed by atoms with Crippen molar-refractivity contribution in [2.75, 3.05) is 26.8 Å². The Morgan fingerprint density at radius 3 is 2.47 bits per heavy atom. The Labute approximate surface area is 223 Å². The minimum Gasteiger partial charge on any atom is -0.493 e. The van der Waals surface area contributed by atoms with E-state index in [2.05, 4.69) is 4.98 Å². The molecule has 0 spiro atoms. The van der Waals surface area contributed by atoms with Crippen LogP contribution < -0.4 is 4.74 Å². The van der Waals surface area contributed by atoms with Gasteiger partial charge in [0.15, 0.2) is 0 Å². The van der Waals surface area contributed by atoms with E-state index in [0.29, 0.717) is 37.8 Å². The molecule has 0 bridgehead atoms. The highest BCUT2D eigenvalue weighted by atomic mass is 16.6. The van der Waals surface area contributed by atoms with E-state index in [-0.39, 0.29) is 12.4 Å². The number of amides is 1. The third kappa shape index (κ3) is 6.82. The summed E-state index contributed by atoms with van der Waals surface area (Å²) in [6.07, 6.45) is 0.278. The molecular formula is C30H34N2O6. The van der Waals surface area contributed by atoms with Gasteiger partial charge in [-0.3, -0.25) is 9.69 Å². The summed E-state index contributed by atoms with van der Waals surface area (Å²) in [6, 6.07) is 17.5. The lowest BCUT2D eigenvalue weighted by molar-refractivity contribution is -0.139. The van der Waals surface area contributed by atoms with Gasteiger partial charge in [-0.25, -0.2) is 9.78 Å². The van der Waals surface area contributed by atoms with Crippen LogP contribution in [-0.4, -0.2) is 54.4 Å². The van der Waals surface area contributed by atoms with Gasteiger partial charge in [0.25, 0.3) is 0 Å². The van der Waals surface area contributed by atoms with E-state index < -0.39 is 11.7 Å². The van der Waals surface area contributed by atoms with Crippen LogP contribution in [0.4, 0.5) is 4.79 Å². The van der Waals surface area contributed by atoms with Crippen LogP contribution in [0, 0.1) is 6.92 Å². The highest BCUT2D eigenvalue weighted by molar-refractivity contribution is 5.84. The molecule has 2 heterocycles. The van der Waals surface area contributed by atoms with Gasteiger partial charge in [-0.1, -0.05) is 30.3 Å². The van der Waals surface area contributed by atoms with E-state index in [1.807, 2.05) is 82.3 Å². The van der Waals surface area contributed by atoms with E-state index in [4.69, 9.17) is 18.6 Å². The highest BCUT2D eigenvalue weighted by Gasteiger charge is 2.31. The molecule has 1 aliphatic rings. The fourth-order valence-electron chi connectivity index (χ4n) is 4.25. The first-order valence-electron chi connectivity index (χ1n) is 12.6. The predicted octanol–water partition coefficient (Wildman–Crippen LogP) is 5.84. The van der Waals surface area contributed by atoms with Gasteiger partial charge in [0, 0.05) is 25.1 Å². The lowest BCUT2D eigenvalue weighted by atomic mass is 10.0. The number of aromatic nitrogens is 1. The van der Waals surface area contributed by atoms with Crippen LogP contribution in [0.15, 0.2) is 64.6 Å². The number of hydrogen-bond donors (Lipinski definition) is 0. The average Bonchev–Trinajstić information content (AvgIpc) is 3.47. The molecule has 0 N–H and O–H groups in total. The van der Waals surface area contributed by atoms with Crippen molar-refractivity contribution in [3.8, 4) is 17.2 Å². The zero-order valence-electron chi connectivity index (χ0n) is 22.6. The van der Waals surface area contributed by atoms with Gasteiger partial charge in [0.05, 0.1) is 25.8 Å². The topological polar surface area (TPSA) is 91.1 Å². The maximum atomic E-state index is 12.7. The molecule has 0 saturated carbocycles. The number of aryl methyl sites for hydroxylation is 1. The van der Waals surface area contributed by atoms with E-state index in [0.717, 1.165) is 33.7 Å². The lowest BCUT2D eigenvalue weighted by Crippen LogP contribution is -2.35. The molecule has 1 aliphatic heterocycles. The quantitative estimate of drug-likeness (QED) is 0.346. The Bertz CT molecular complexity index is 1320. The normalized spacial score (nSPS) is 13.6. The molecule has 0 atom stereocenters. The Morgan fingerprint density at radius 1 is 1.03 bits per heavy atom. The first-order valence-corrected chi connectivity index (χ1v) is 12.6. The Hall–Kier alpha value is -4.07. The van der Waals surface area contributed by atoms with Crippen LogP contribution in [0.2, 0.25) is 0 Å². The Balaban J connectivity index is 1.45. The highest BCUT2D eigenvalue weighted by Crippen LogP contribution is 2.32. The van der Waals surface area contributed by atoms with Crippen molar-refractivity contribution >= 4 is 17.6 Å². The van der Waals surface area contributed by atoms with Crippen LogP contribution in [-0.2, 0) is 20.7 Å². The van der Waals surface area contributed by atoms with Gasteiger partial charge >= 0.3 is 12.1 Å². The van der Waals surface area contributed by atoms with Crippen molar-refractivity contribution in [2.45, 2.75) is 46.1 Å². The van der Waals surface area contributed by atoms with Crippen molar-refractivity contribution < 1.29 is 28.2 Å².